The van der Waals surface area contributed by atoms with E-state index in [1.165, 1.54) is 42.5 Å². The van der Waals surface area contributed by atoms with Gasteiger partial charge in [0.25, 0.3) is 0 Å². The van der Waals surface area contributed by atoms with Gasteiger partial charge < -0.3 is 10.2 Å². The van der Waals surface area contributed by atoms with E-state index < -0.39 is 5.54 Å². The Morgan fingerprint density at radius 2 is 1.74 bits per heavy atom. The number of amides is 2. The number of likely N-dealkylation sites (tertiary alicyclic amines) is 1. The number of hydrogen-bond donors (Lipinski definition) is 1. The maximum absolute atomic E-state index is 13.9. The molecule has 1 saturated carbocycles. The molecule has 1 unspecified atom stereocenters. The molecule has 1 aliphatic carbocycles. The zero-order chi connectivity index (χ0) is 23.5. The van der Waals surface area contributed by atoms with Crippen LogP contribution in [0.3, 0.4) is 0 Å². The van der Waals surface area contributed by atoms with E-state index in [0.717, 1.165) is 31.6 Å². The maximum Gasteiger partial charge on any atom is 0.246 e. The highest BCUT2D eigenvalue weighted by Crippen LogP contribution is 2.37. The molecule has 2 saturated heterocycles. The van der Waals surface area contributed by atoms with Crippen molar-refractivity contribution in [2.24, 2.45) is 5.92 Å². The van der Waals surface area contributed by atoms with Crippen LogP contribution in [0.25, 0.3) is 0 Å². The van der Waals surface area contributed by atoms with Gasteiger partial charge >= 0.3 is 0 Å². The zero-order valence-corrected chi connectivity index (χ0v) is 21.1. The molecule has 1 atom stereocenters. The van der Waals surface area contributed by atoms with Gasteiger partial charge in [0.1, 0.15) is 11.6 Å². The van der Waals surface area contributed by atoms with Gasteiger partial charge in [-0.1, -0.05) is 62.4 Å². The Morgan fingerprint density at radius 1 is 1.00 bits per heavy atom. The highest BCUT2D eigenvalue weighted by Gasteiger charge is 2.53. The summed E-state index contributed by atoms with van der Waals surface area (Å²) in [6, 6.07) is 12.0. The molecule has 182 valence electrons. The highest BCUT2D eigenvalue weighted by molar-refractivity contribution is 7.10. The summed E-state index contributed by atoms with van der Waals surface area (Å²) >= 11 is 1.80. The van der Waals surface area contributed by atoms with Crippen molar-refractivity contribution in [2.75, 3.05) is 13.1 Å². The second kappa shape index (κ2) is 10.2. The van der Waals surface area contributed by atoms with Crippen molar-refractivity contribution in [3.05, 3.63) is 57.8 Å². The molecule has 2 aromatic rings. The van der Waals surface area contributed by atoms with E-state index in [0.29, 0.717) is 25.3 Å². The van der Waals surface area contributed by atoms with Crippen molar-refractivity contribution in [1.29, 1.82) is 0 Å². The molecule has 1 spiro atoms. The first kappa shape index (κ1) is 23.6. The quantitative estimate of drug-likeness (QED) is 0.642. The SMILES string of the molecule is Cc1ccsc1CN1CCC2(CC1)C(=O)NC(CC1CCCCC1)C(=O)N2Cc1ccccc1. The normalized spacial score (nSPS) is 23.9. The van der Waals surface area contributed by atoms with Gasteiger partial charge in [0.05, 0.1) is 0 Å². The number of carbonyl (C=O) groups excluding carboxylic acids is 2. The largest absolute Gasteiger partial charge is 0.342 e. The molecule has 1 N–H and O–H groups in total. The molecule has 5 nitrogen and oxygen atoms in total. The zero-order valence-electron chi connectivity index (χ0n) is 20.3. The van der Waals surface area contributed by atoms with E-state index >= 15 is 0 Å². The average Bonchev–Trinajstić information content (AvgIpc) is 3.27. The van der Waals surface area contributed by atoms with Crippen molar-refractivity contribution in [1.82, 2.24) is 15.1 Å². The van der Waals surface area contributed by atoms with Gasteiger partial charge in [-0.05, 0) is 54.7 Å². The fourth-order valence-corrected chi connectivity index (χ4v) is 7.08. The summed E-state index contributed by atoms with van der Waals surface area (Å²) < 4.78 is 0. The summed E-state index contributed by atoms with van der Waals surface area (Å²) in [5, 5.41) is 5.36. The highest BCUT2D eigenvalue weighted by atomic mass is 32.1. The van der Waals surface area contributed by atoms with Crippen LogP contribution in [0.15, 0.2) is 41.8 Å². The number of rotatable bonds is 6. The lowest BCUT2D eigenvalue weighted by Gasteiger charge is -2.52. The first-order valence-electron chi connectivity index (χ1n) is 13.0. The molecule has 3 fully saturated rings. The lowest BCUT2D eigenvalue weighted by molar-refractivity contribution is -0.163. The molecular formula is C28H37N3O2S. The first-order chi connectivity index (χ1) is 16.5. The van der Waals surface area contributed by atoms with Crippen LogP contribution in [0.2, 0.25) is 0 Å². The Labute approximate surface area is 207 Å². The molecule has 6 heteroatoms. The fourth-order valence-electron chi connectivity index (χ4n) is 6.13. The number of benzene rings is 1. The number of carbonyl (C=O) groups is 2. The number of nitrogens with zero attached hydrogens (tertiary/aromatic N) is 2. The van der Waals surface area contributed by atoms with Gasteiger partial charge in [0.15, 0.2) is 0 Å². The van der Waals surface area contributed by atoms with Crippen LogP contribution < -0.4 is 5.32 Å². The number of piperazine rings is 1. The minimum absolute atomic E-state index is 0.0656. The number of aryl methyl sites for hydroxylation is 1. The Balaban J connectivity index is 1.35. The van der Waals surface area contributed by atoms with Crippen molar-refractivity contribution in [2.45, 2.75) is 83.0 Å². The molecule has 3 heterocycles. The number of piperidine rings is 1. The van der Waals surface area contributed by atoms with Crippen molar-refractivity contribution in [3.63, 3.8) is 0 Å². The molecule has 1 aromatic heterocycles. The van der Waals surface area contributed by atoms with Crippen LogP contribution in [-0.2, 0) is 22.7 Å². The lowest BCUT2D eigenvalue weighted by atomic mass is 9.79. The van der Waals surface area contributed by atoms with Crippen LogP contribution in [0.4, 0.5) is 0 Å². The van der Waals surface area contributed by atoms with Crippen molar-refractivity contribution >= 4 is 23.2 Å². The molecule has 2 amide bonds. The predicted octanol–water partition coefficient (Wildman–Crippen LogP) is 4.89. The van der Waals surface area contributed by atoms with Gasteiger partial charge in [0, 0.05) is 31.1 Å². The molecule has 5 rings (SSSR count). The number of thiophene rings is 1. The standard InChI is InChI=1S/C28H37N3O2S/c1-21-12-17-34-25(21)20-30-15-13-28(14-16-30)27(33)29-24(18-22-8-4-2-5-9-22)26(32)31(28)19-23-10-6-3-7-11-23/h3,6-7,10-12,17,22,24H,2,4-5,8-9,13-16,18-20H2,1H3,(H,29,33). The minimum Gasteiger partial charge on any atom is -0.342 e. The average molecular weight is 480 g/mol. The smallest absolute Gasteiger partial charge is 0.246 e. The van der Waals surface area contributed by atoms with Gasteiger partial charge in [-0.3, -0.25) is 14.5 Å². The van der Waals surface area contributed by atoms with E-state index in [2.05, 4.69) is 40.7 Å². The fraction of sp³-hybridized carbons (Fsp3) is 0.571. The summed E-state index contributed by atoms with van der Waals surface area (Å²) in [5.41, 5.74) is 1.70. The summed E-state index contributed by atoms with van der Waals surface area (Å²) in [6.07, 6.45) is 8.33. The Morgan fingerprint density at radius 3 is 2.41 bits per heavy atom. The Hall–Kier alpha value is -2.18. The topological polar surface area (TPSA) is 52.7 Å². The third-order valence-electron chi connectivity index (χ3n) is 8.30. The third-order valence-corrected chi connectivity index (χ3v) is 9.31. The maximum atomic E-state index is 13.9. The molecule has 0 bridgehead atoms. The van der Waals surface area contributed by atoms with E-state index in [1.54, 1.807) is 11.3 Å². The first-order valence-corrected chi connectivity index (χ1v) is 13.8. The van der Waals surface area contributed by atoms with E-state index in [4.69, 9.17) is 0 Å². The summed E-state index contributed by atoms with van der Waals surface area (Å²) in [7, 11) is 0. The van der Waals surface area contributed by atoms with Crippen molar-refractivity contribution < 1.29 is 9.59 Å². The van der Waals surface area contributed by atoms with Gasteiger partial charge in [-0.2, -0.15) is 0 Å². The minimum atomic E-state index is -0.739. The second-order valence-corrected chi connectivity index (χ2v) is 11.5. The summed E-state index contributed by atoms with van der Waals surface area (Å²) in [6.45, 7) is 5.27. The van der Waals surface area contributed by atoms with Crippen LogP contribution in [0, 0.1) is 12.8 Å². The van der Waals surface area contributed by atoms with Crippen LogP contribution in [0.1, 0.15) is 67.4 Å². The summed E-state index contributed by atoms with van der Waals surface area (Å²) in [4.78, 5) is 33.4. The van der Waals surface area contributed by atoms with Gasteiger partial charge in [0.2, 0.25) is 11.8 Å². The molecule has 0 radical (unpaired) electrons. The summed E-state index contributed by atoms with van der Waals surface area (Å²) in [5.74, 6) is 0.735. The number of hydrogen-bond acceptors (Lipinski definition) is 4. The molecular weight excluding hydrogens is 442 g/mol. The Bertz CT molecular complexity index is 990. The second-order valence-electron chi connectivity index (χ2n) is 10.5. The van der Waals surface area contributed by atoms with Gasteiger partial charge in [-0.25, -0.2) is 0 Å². The monoisotopic (exact) mass is 479 g/mol. The van der Waals surface area contributed by atoms with Crippen LogP contribution in [-0.4, -0.2) is 46.3 Å². The van der Waals surface area contributed by atoms with Crippen LogP contribution >= 0.6 is 11.3 Å². The Kier molecular flexibility index (Phi) is 7.07. The number of nitrogens with one attached hydrogen (secondary N) is 1. The van der Waals surface area contributed by atoms with Gasteiger partial charge in [-0.15, -0.1) is 11.3 Å². The van der Waals surface area contributed by atoms with E-state index in [-0.39, 0.29) is 17.9 Å². The molecule has 1 aromatic carbocycles. The molecule has 34 heavy (non-hydrogen) atoms. The third kappa shape index (κ3) is 4.80. The van der Waals surface area contributed by atoms with Crippen LogP contribution in [0.5, 0.6) is 0 Å². The van der Waals surface area contributed by atoms with Crippen molar-refractivity contribution in [3.8, 4) is 0 Å². The van der Waals surface area contributed by atoms with E-state index in [1.807, 2.05) is 23.1 Å². The lowest BCUT2D eigenvalue weighted by Crippen LogP contribution is -2.72. The molecule has 3 aliphatic rings. The predicted molar refractivity (Wildman–Crippen MR) is 136 cm³/mol. The van der Waals surface area contributed by atoms with E-state index in [9.17, 15) is 9.59 Å². The molecule has 2 aliphatic heterocycles.